The van der Waals surface area contributed by atoms with Gasteiger partial charge in [0.2, 0.25) is 5.91 Å². The summed E-state index contributed by atoms with van der Waals surface area (Å²) in [6.45, 7) is 5.86. The molecule has 1 aromatic carbocycles. The van der Waals surface area contributed by atoms with E-state index in [0.29, 0.717) is 0 Å². The minimum atomic E-state index is -0.0444. The van der Waals surface area contributed by atoms with Crippen LogP contribution in [0, 0.1) is 0 Å². The Morgan fingerprint density at radius 3 is 2.67 bits per heavy atom. The fourth-order valence-electron chi connectivity index (χ4n) is 5.28. The Hall–Kier alpha value is -2.90. The highest BCUT2D eigenvalue weighted by molar-refractivity contribution is 7.13. The van der Waals surface area contributed by atoms with Gasteiger partial charge in [-0.3, -0.25) is 9.69 Å². The van der Waals surface area contributed by atoms with Crippen LogP contribution in [0.15, 0.2) is 54.0 Å². The summed E-state index contributed by atoms with van der Waals surface area (Å²) in [5.74, 6) is 1.07. The van der Waals surface area contributed by atoms with Crippen molar-refractivity contribution in [1.29, 1.82) is 0 Å². The van der Waals surface area contributed by atoms with Crippen LogP contribution in [-0.2, 0) is 11.3 Å². The van der Waals surface area contributed by atoms with Crippen LogP contribution in [0.5, 0.6) is 0 Å². The number of piperidine rings is 1. The van der Waals surface area contributed by atoms with E-state index in [1.165, 1.54) is 21.7 Å². The number of thiophene rings is 1. The van der Waals surface area contributed by atoms with Crippen LogP contribution in [0.3, 0.4) is 0 Å². The highest BCUT2D eigenvalue weighted by atomic mass is 32.1. The van der Waals surface area contributed by atoms with Gasteiger partial charge in [0.05, 0.1) is 5.69 Å². The molecule has 0 radical (unpaired) electrons. The molecule has 2 saturated heterocycles. The number of hydrogen-bond acceptors (Lipinski definition) is 6. The molecular formula is C26H29N5OS. The summed E-state index contributed by atoms with van der Waals surface area (Å²) in [7, 11) is 0. The van der Waals surface area contributed by atoms with Gasteiger partial charge in [0.25, 0.3) is 0 Å². The second kappa shape index (κ2) is 8.80. The molecule has 0 saturated carbocycles. The lowest BCUT2D eigenvalue weighted by Crippen LogP contribution is -2.51. The molecule has 6 nitrogen and oxygen atoms in total. The van der Waals surface area contributed by atoms with Gasteiger partial charge in [0, 0.05) is 56.0 Å². The van der Waals surface area contributed by atoms with Gasteiger partial charge in [-0.25, -0.2) is 4.98 Å². The molecule has 2 aromatic heterocycles. The van der Waals surface area contributed by atoms with Crippen LogP contribution < -0.4 is 15.1 Å². The number of pyridine rings is 1. The molecule has 170 valence electrons. The summed E-state index contributed by atoms with van der Waals surface area (Å²) < 4.78 is 0. The van der Waals surface area contributed by atoms with Gasteiger partial charge in [-0.05, 0) is 60.0 Å². The van der Waals surface area contributed by atoms with Crippen molar-refractivity contribution >= 4 is 34.4 Å². The third kappa shape index (κ3) is 4.11. The van der Waals surface area contributed by atoms with Crippen molar-refractivity contribution in [3.63, 3.8) is 0 Å². The molecule has 0 bridgehead atoms. The van der Waals surface area contributed by atoms with Gasteiger partial charge in [0.1, 0.15) is 6.04 Å². The molecule has 3 aliphatic heterocycles. The third-order valence-corrected chi connectivity index (χ3v) is 7.99. The molecule has 1 amide bonds. The molecule has 3 aliphatic rings. The van der Waals surface area contributed by atoms with E-state index in [1.807, 2.05) is 6.20 Å². The molecule has 5 heterocycles. The number of amides is 1. The molecule has 33 heavy (non-hydrogen) atoms. The van der Waals surface area contributed by atoms with Crippen molar-refractivity contribution in [3.8, 4) is 10.4 Å². The summed E-state index contributed by atoms with van der Waals surface area (Å²) in [6.07, 6.45) is 5.17. The number of nitrogens with zero attached hydrogens (tertiary/aromatic N) is 4. The highest BCUT2D eigenvalue weighted by Gasteiger charge is 2.35. The zero-order chi connectivity index (χ0) is 22.2. The molecule has 0 spiro atoms. The first kappa shape index (κ1) is 20.7. The molecule has 1 atom stereocenters. The fraction of sp³-hybridized carbons (Fsp3) is 0.385. The normalized spacial score (nSPS) is 20.8. The number of piperazine rings is 1. The lowest BCUT2D eigenvalue weighted by atomic mass is 9.99. The van der Waals surface area contributed by atoms with Gasteiger partial charge in [-0.1, -0.05) is 18.2 Å². The number of carbonyl (C=O) groups is 1. The van der Waals surface area contributed by atoms with Crippen LogP contribution in [0.4, 0.5) is 17.2 Å². The SMILES string of the molecule is O=C1Nc2cc(CN3CCN(c4ccc(-c5cccs5)cc4)CC3)cnc2N2CCCC[C@@H]12. The zero-order valence-electron chi connectivity index (χ0n) is 18.7. The van der Waals surface area contributed by atoms with Gasteiger partial charge in [-0.15, -0.1) is 11.3 Å². The molecule has 2 fully saturated rings. The molecule has 6 rings (SSSR count). The summed E-state index contributed by atoms with van der Waals surface area (Å²) in [5.41, 5.74) is 4.62. The van der Waals surface area contributed by atoms with Crippen LogP contribution in [-0.4, -0.2) is 54.6 Å². The van der Waals surface area contributed by atoms with Gasteiger partial charge in [-0.2, -0.15) is 0 Å². The number of rotatable bonds is 4. The smallest absolute Gasteiger partial charge is 0.247 e. The lowest BCUT2D eigenvalue weighted by Gasteiger charge is -2.40. The van der Waals surface area contributed by atoms with Crippen molar-refractivity contribution in [1.82, 2.24) is 9.88 Å². The average Bonchev–Trinajstić information content (AvgIpc) is 3.40. The highest BCUT2D eigenvalue weighted by Crippen LogP contribution is 2.35. The van der Waals surface area contributed by atoms with E-state index in [1.54, 1.807) is 11.3 Å². The largest absolute Gasteiger partial charge is 0.369 e. The monoisotopic (exact) mass is 459 g/mol. The first-order valence-corrected chi connectivity index (χ1v) is 12.8. The Kier molecular flexibility index (Phi) is 5.52. The van der Waals surface area contributed by atoms with Crippen molar-refractivity contribution in [2.75, 3.05) is 47.8 Å². The standard InChI is InChI=1S/C26H29N5OS/c32-26-23-4-1-2-10-31(23)25-22(28-26)16-19(17-27-25)18-29-11-13-30(14-12-29)21-8-6-20(7-9-21)24-5-3-15-33-24/h3,5-9,15-17,23H,1-2,4,10-14,18H2,(H,28,32)/t23-/m0/s1. The van der Waals surface area contributed by atoms with E-state index in [-0.39, 0.29) is 11.9 Å². The number of hydrogen-bond donors (Lipinski definition) is 1. The van der Waals surface area contributed by atoms with Gasteiger partial charge >= 0.3 is 0 Å². The summed E-state index contributed by atoms with van der Waals surface area (Å²) in [5, 5.41) is 5.23. The molecular weight excluding hydrogens is 430 g/mol. The molecule has 0 aliphatic carbocycles. The Labute approximate surface area is 198 Å². The van der Waals surface area contributed by atoms with Gasteiger partial charge in [0.15, 0.2) is 5.82 Å². The summed E-state index contributed by atoms with van der Waals surface area (Å²) >= 11 is 1.78. The number of nitrogens with one attached hydrogen (secondary N) is 1. The van der Waals surface area contributed by atoms with E-state index in [0.717, 1.165) is 70.0 Å². The lowest BCUT2D eigenvalue weighted by molar-refractivity contribution is -0.118. The predicted molar refractivity (Wildman–Crippen MR) is 135 cm³/mol. The topological polar surface area (TPSA) is 51.7 Å². The average molecular weight is 460 g/mol. The Bertz CT molecular complexity index is 1120. The fourth-order valence-corrected chi connectivity index (χ4v) is 6.02. The predicted octanol–water partition coefficient (Wildman–Crippen LogP) is 4.44. The first-order valence-electron chi connectivity index (χ1n) is 11.9. The maximum atomic E-state index is 12.6. The summed E-state index contributed by atoms with van der Waals surface area (Å²) in [4.78, 5) is 25.8. The second-order valence-electron chi connectivity index (χ2n) is 9.20. The van der Waals surface area contributed by atoms with Crippen molar-refractivity contribution in [3.05, 3.63) is 59.6 Å². The van der Waals surface area contributed by atoms with E-state index < -0.39 is 0 Å². The van der Waals surface area contributed by atoms with Crippen LogP contribution >= 0.6 is 11.3 Å². The number of carbonyl (C=O) groups excluding carboxylic acids is 1. The molecule has 1 N–H and O–H groups in total. The quantitative estimate of drug-likeness (QED) is 0.625. The van der Waals surface area contributed by atoms with E-state index in [9.17, 15) is 4.79 Å². The Morgan fingerprint density at radius 2 is 1.88 bits per heavy atom. The zero-order valence-corrected chi connectivity index (χ0v) is 19.6. The van der Waals surface area contributed by atoms with Crippen molar-refractivity contribution in [2.24, 2.45) is 0 Å². The molecule has 7 heteroatoms. The van der Waals surface area contributed by atoms with E-state index >= 15 is 0 Å². The number of aromatic nitrogens is 1. The minimum Gasteiger partial charge on any atom is -0.369 e. The summed E-state index contributed by atoms with van der Waals surface area (Å²) in [6, 6.07) is 15.3. The maximum Gasteiger partial charge on any atom is 0.247 e. The van der Waals surface area contributed by atoms with Crippen LogP contribution in [0.1, 0.15) is 24.8 Å². The second-order valence-corrected chi connectivity index (χ2v) is 10.1. The number of anilines is 3. The van der Waals surface area contributed by atoms with Crippen LogP contribution in [0.25, 0.3) is 10.4 Å². The van der Waals surface area contributed by atoms with Crippen molar-refractivity contribution in [2.45, 2.75) is 31.8 Å². The van der Waals surface area contributed by atoms with Crippen molar-refractivity contribution < 1.29 is 4.79 Å². The molecule has 3 aromatic rings. The Morgan fingerprint density at radius 1 is 1.03 bits per heavy atom. The Balaban J connectivity index is 1.08. The number of fused-ring (bicyclic) bond motifs is 3. The maximum absolute atomic E-state index is 12.6. The van der Waals surface area contributed by atoms with Gasteiger partial charge < -0.3 is 15.1 Å². The molecule has 0 unspecified atom stereocenters. The van der Waals surface area contributed by atoms with E-state index in [2.05, 4.69) is 67.9 Å². The first-order chi connectivity index (χ1) is 16.2. The van der Waals surface area contributed by atoms with E-state index in [4.69, 9.17) is 4.98 Å². The number of benzene rings is 1. The third-order valence-electron chi connectivity index (χ3n) is 7.08. The van der Waals surface area contributed by atoms with Crippen LogP contribution in [0.2, 0.25) is 0 Å². The minimum absolute atomic E-state index is 0.0444.